The fourth-order valence-corrected chi connectivity index (χ4v) is 4.84. The molecular weight excluding hydrogens is 517 g/mol. The molecule has 1 spiro atoms. The van der Waals surface area contributed by atoms with Crippen LogP contribution in [0, 0.1) is 5.82 Å². The van der Waals surface area contributed by atoms with Gasteiger partial charge in [0.2, 0.25) is 5.95 Å². The van der Waals surface area contributed by atoms with E-state index in [1.54, 1.807) is 23.0 Å². The molecule has 2 aliphatic heterocycles. The number of nitrogens with zero attached hydrogens (tertiary/aromatic N) is 5. The quantitative estimate of drug-likeness (QED) is 0.396. The molecule has 2 aromatic carbocycles. The van der Waals surface area contributed by atoms with Crippen molar-refractivity contribution >= 4 is 44.7 Å². The number of carbonyl (C=O) groups is 1. The lowest BCUT2D eigenvalue weighted by molar-refractivity contribution is 0.173. The summed E-state index contributed by atoms with van der Waals surface area (Å²) < 4.78 is 22.3. The summed E-state index contributed by atoms with van der Waals surface area (Å²) in [5.41, 5.74) is 1.67. The highest BCUT2D eigenvalue weighted by Gasteiger charge is 2.46. The molecule has 1 atom stereocenters. The van der Waals surface area contributed by atoms with E-state index in [0.717, 1.165) is 11.3 Å². The van der Waals surface area contributed by atoms with Gasteiger partial charge in [0.25, 0.3) is 0 Å². The Kier molecular flexibility index (Phi) is 5.28. The first-order valence-corrected chi connectivity index (χ1v) is 12.0. The molecule has 4 aromatic rings. The molecule has 2 aromatic heterocycles. The van der Waals surface area contributed by atoms with Crippen LogP contribution in [0.3, 0.4) is 0 Å². The van der Waals surface area contributed by atoms with Gasteiger partial charge in [-0.25, -0.2) is 18.9 Å². The van der Waals surface area contributed by atoms with Gasteiger partial charge in [0.1, 0.15) is 17.9 Å². The van der Waals surface area contributed by atoms with E-state index in [0.29, 0.717) is 54.3 Å². The lowest BCUT2D eigenvalue weighted by atomic mass is 10.0. The van der Waals surface area contributed by atoms with Crippen molar-refractivity contribution in [3.05, 3.63) is 70.7 Å². The number of anilines is 2. The van der Waals surface area contributed by atoms with Crippen molar-refractivity contribution in [2.24, 2.45) is 0 Å². The Morgan fingerprint density at radius 2 is 2.06 bits per heavy atom. The Balaban J connectivity index is 1.30. The maximum absolute atomic E-state index is 15.1. The molecule has 0 aliphatic carbocycles. The number of para-hydroxylation sites is 1. The van der Waals surface area contributed by atoms with E-state index in [-0.39, 0.29) is 5.52 Å². The van der Waals surface area contributed by atoms with Crippen molar-refractivity contribution in [1.29, 1.82) is 0 Å². The second kappa shape index (κ2) is 8.49. The van der Waals surface area contributed by atoms with Crippen LogP contribution in [0.1, 0.15) is 12.0 Å². The van der Waals surface area contributed by atoms with Gasteiger partial charge in [-0.2, -0.15) is 10.1 Å². The number of alkyl carbamates (subject to hydrolysis) is 1. The normalized spacial score (nSPS) is 19.4. The average molecular weight is 538 g/mol. The number of amides is 1. The van der Waals surface area contributed by atoms with Gasteiger partial charge >= 0.3 is 6.09 Å². The predicted molar refractivity (Wildman–Crippen MR) is 132 cm³/mol. The number of ether oxygens (including phenoxy) is 1. The molecule has 1 amide bonds. The van der Waals surface area contributed by atoms with Crippen LogP contribution in [0.2, 0.25) is 0 Å². The van der Waals surface area contributed by atoms with Crippen LogP contribution in [0.4, 0.5) is 21.0 Å². The molecule has 0 saturated carbocycles. The Morgan fingerprint density at radius 1 is 1.20 bits per heavy atom. The molecule has 6 rings (SSSR count). The van der Waals surface area contributed by atoms with Gasteiger partial charge in [0.15, 0.2) is 5.82 Å². The van der Waals surface area contributed by atoms with Crippen LogP contribution < -0.4 is 15.5 Å². The predicted octanol–water partition coefficient (Wildman–Crippen LogP) is 4.02. The van der Waals surface area contributed by atoms with E-state index in [4.69, 9.17) is 9.72 Å². The Hall–Kier alpha value is -3.73. The van der Waals surface area contributed by atoms with Gasteiger partial charge in [-0.1, -0.05) is 18.2 Å². The average Bonchev–Trinajstić information content (AvgIpc) is 3.61. The fraction of sp³-hybridized carbons (Fsp3) is 0.250. The van der Waals surface area contributed by atoms with Crippen molar-refractivity contribution in [2.75, 3.05) is 29.9 Å². The van der Waals surface area contributed by atoms with Crippen LogP contribution in [-0.4, -0.2) is 51.1 Å². The van der Waals surface area contributed by atoms with Gasteiger partial charge in [-0.05, 0) is 46.6 Å². The number of hydrogen-bond acceptors (Lipinski definition) is 7. The Morgan fingerprint density at radius 3 is 2.86 bits per heavy atom. The SMILES string of the molecule is O=C1NC2(CCN(c3nc(NCc4cnn(-c5ccccc5)c4)c4ccc(Br)c(F)c4n3)C2)CO1. The minimum Gasteiger partial charge on any atom is -0.447 e. The maximum atomic E-state index is 15.1. The number of cyclic esters (lactones) is 1. The number of benzene rings is 2. The largest absolute Gasteiger partial charge is 0.447 e. The molecule has 0 bridgehead atoms. The molecule has 1 unspecified atom stereocenters. The van der Waals surface area contributed by atoms with Crippen molar-refractivity contribution in [1.82, 2.24) is 25.1 Å². The van der Waals surface area contributed by atoms with Gasteiger partial charge in [0, 0.05) is 36.8 Å². The van der Waals surface area contributed by atoms with E-state index in [1.165, 1.54) is 0 Å². The van der Waals surface area contributed by atoms with Crippen molar-refractivity contribution in [3.63, 3.8) is 0 Å². The second-order valence-electron chi connectivity index (χ2n) is 8.77. The third kappa shape index (κ3) is 4.05. The molecule has 11 heteroatoms. The van der Waals surface area contributed by atoms with Gasteiger partial charge in [-0.3, -0.25) is 0 Å². The Bertz CT molecular complexity index is 1430. The van der Waals surface area contributed by atoms with Gasteiger partial charge < -0.3 is 20.3 Å². The lowest BCUT2D eigenvalue weighted by Crippen LogP contribution is -2.46. The number of halogens is 2. The molecule has 0 radical (unpaired) electrons. The molecule has 2 N–H and O–H groups in total. The number of rotatable bonds is 5. The summed E-state index contributed by atoms with van der Waals surface area (Å²) in [5, 5.41) is 11.3. The van der Waals surface area contributed by atoms with Crippen molar-refractivity contribution < 1.29 is 13.9 Å². The molecule has 35 heavy (non-hydrogen) atoms. The number of carbonyl (C=O) groups excluding carboxylic acids is 1. The summed E-state index contributed by atoms with van der Waals surface area (Å²) in [6.07, 6.45) is 4.01. The second-order valence-corrected chi connectivity index (χ2v) is 9.62. The number of nitrogens with one attached hydrogen (secondary N) is 2. The van der Waals surface area contributed by atoms with Crippen molar-refractivity contribution in [3.8, 4) is 5.69 Å². The first-order chi connectivity index (χ1) is 17.0. The van der Waals surface area contributed by atoms with Gasteiger partial charge in [-0.15, -0.1) is 0 Å². The Labute approximate surface area is 208 Å². The fourth-order valence-electron chi connectivity index (χ4n) is 4.52. The zero-order valence-electron chi connectivity index (χ0n) is 18.5. The summed E-state index contributed by atoms with van der Waals surface area (Å²) >= 11 is 3.26. The van der Waals surface area contributed by atoms with Crippen LogP contribution in [0.5, 0.6) is 0 Å². The zero-order valence-corrected chi connectivity index (χ0v) is 20.1. The van der Waals surface area contributed by atoms with E-state index in [9.17, 15) is 4.79 Å². The topological polar surface area (TPSA) is 97.2 Å². The highest BCUT2D eigenvalue weighted by Crippen LogP contribution is 2.33. The number of aromatic nitrogens is 4. The van der Waals surface area contributed by atoms with Crippen molar-refractivity contribution in [2.45, 2.75) is 18.5 Å². The standard InChI is InChI=1S/C24H21BrFN7O2/c25-18-7-6-17-20(19(18)26)29-22(32-9-8-24(13-32)14-35-23(34)31-24)30-21(17)27-10-15-11-28-33(12-15)16-4-2-1-3-5-16/h1-7,11-12H,8-10,13-14H2,(H,31,34)(H,27,29,30). The smallest absolute Gasteiger partial charge is 0.407 e. The monoisotopic (exact) mass is 537 g/mol. The molecule has 4 heterocycles. The van der Waals surface area contributed by atoms with E-state index in [2.05, 4.69) is 36.6 Å². The maximum Gasteiger partial charge on any atom is 0.407 e. The zero-order chi connectivity index (χ0) is 24.0. The summed E-state index contributed by atoms with van der Waals surface area (Å²) in [6.45, 7) is 1.85. The minimum atomic E-state index is -0.467. The van der Waals surface area contributed by atoms with Crippen LogP contribution in [-0.2, 0) is 11.3 Å². The minimum absolute atomic E-state index is 0.222. The van der Waals surface area contributed by atoms with E-state index in [1.807, 2.05) is 41.4 Å². The van der Waals surface area contributed by atoms with Crippen LogP contribution in [0.25, 0.3) is 16.6 Å². The van der Waals surface area contributed by atoms with Gasteiger partial charge in [0.05, 0.1) is 21.9 Å². The molecular formula is C24H21BrFN7O2. The molecule has 2 fully saturated rings. The van der Waals surface area contributed by atoms with Crippen LogP contribution in [0.15, 0.2) is 59.3 Å². The third-order valence-corrected chi connectivity index (χ3v) is 6.96. The summed E-state index contributed by atoms with van der Waals surface area (Å²) in [4.78, 5) is 22.9. The molecule has 2 aliphatic rings. The van der Waals surface area contributed by atoms with E-state index < -0.39 is 17.4 Å². The van der Waals surface area contributed by atoms with E-state index >= 15 is 4.39 Å². The summed E-state index contributed by atoms with van der Waals surface area (Å²) in [7, 11) is 0. The first-order valence-electron chi connectivity index (χ1n) is 11.2. The van der Waals surface area contributed by atoms with Crippen LogP contribution >= 0.6 is 15.9 Å². The third-order valence-electron chi connectivity index (χ3n) is 6.35. The first kappa shape index (κ1) is 21.8. The molecule has 9 nitrogen and oxygen atoms in total. The molecule has 2 saturated heterocycles. The molecule has 178 valence electrons. The number of fused-ring (bicyclic) bond motifs is 1. The number of hydrogen-bond donors (Lipinski definition) is 2. The highest BCUT2D eigenvalue weighted by molar-refractivity contribution is 9.10. The summed E-state index contributed by atoms with van der Waals surface area (Å²) in [6, 6.07) is 13.3. The summed E-state index contributed by atoms with van der Waals surface area (Å²) in [5.74, 6) is 0.476. The highest BCUT2D eigenvalue weighted by atomic mass is 79.9. The lowest BCUT2D eigenvalue weighted by Gasteiger charge is -2.22.